The molecule has 7 nitrogen and oxygen atoms in total. The van der Waals surface area contributed by atoms with Crippen molar-refractivity contribution >= 4 is 17.4 Å². The fraction of sp³-hybridized carbons (Fsp3) is 0.0952. The zero-order valence-corrected chi connectivity index (χ0v) is 15.0. The molecule has 7 heteroatoms. The summed E-state index contributed by atoms with van der Waals surface area (Å²) in [4.78, 5) is 22.8. The van der Waals surface area contributed by atoms with Crippen LogP contribution in [0.25, 0.3) is 0 Å². The van der Waals surface area contributed by atoms with E-state index in [-0.39, 0.29) is 5.69 Å². The van der Waals surface area contributed by atoms with Crippen molar-refractivity contribution < 1.29 is 9.72 Å². The number of anilines is 1. The molecule has 0 unspecified atom stereocenters. The Morgan fingerprint density at radius 2 is 1.39 bits per heavy atom. The number of urea groups is 1. The number of nitro groups is 1. The maximum atomic E-state index is 12.5. The number of rotatable bonds is 6. The summed E-state index contributed by atoms with van der Waals surface area (Å²) in [6.45, 7) is 0. The van der Waals surface area contributed by atoms with Crippen molar-refractivity contribution in [3.63, 3.8) is 0 Å². The van der Waals surface area contributed by atoms with Crippen LogP contribution in [0.1, 0.15) is 23.2 Å². The zero-order valence-electron chi connectivity index (χ0n) is 15.0. The van der Waals surface area contributed by atoms with Gasteiger partial charge in [-0.2, -0.15) is 0 Å². The predicted molar refractivity (Wildman–Crippen MR) is 108 cm³/mol. The number of amides is 2. The molecule has 3 aromatic rings. The minimum absolute atomic E-state index is 0.0424. The molecule has 0 bridgehead atoms. The van der Waals surface area contributed by atoms with Crippen LogP contribution in [0.15, 0.2) is 84.9 Å². The summed E-state index contributed by atoms with van der Waals surface area (Å²) in [7, 11) is 0. The molecule has 3 aromatic carbocycles. The van der Waals surface area contributed by atoms with Gasteiger partial charge in [-0.1, -0.05) is 60.7 Å². The number of hydrogen-bond donors (Lipinski definition) is 3. The summed E-state index contributed by atoms with van der Waals surface area (Å²) in [6, 6.07) is 23.3. The van der Waals surface area contributed by atoms with Gasteiger partial charge in [-0.3, -0.25) is 10.1 Å². The standard InChI is InChI=1S/C21H20N4O3/c22-19(15-7-3-1-4-8-15)20(16-9-5-2-6-10-16)24-21(26)23-17-11-13-18(14-12-17)25(27)28/h1-14,19-20H,22H2,(H2,23,24,26)/t19-,20+/m0/s1. The first-order chi connectivity index (χ1) is 13.5. The van der Waals surface area contributed by atoms with E-state index in [0.29, 0.717) is 5.69 Å². The van der Waals surface area contributed by atoms with E-state index in [1.807, 2.05) is 60.7 Å². The molecule has 0 saturated heterocycles. The largest absolute Gasteiger partial charge is 0.329 e. The van der Waals surface area contributed by atoms with Gasteiger partial charge >= 0.3 is 6.03 Å². The number of nitrogens with one attached hydrogen (secondary N) is 2. The van der Waals surface area contributed by atoms with Crippen LogP contribution in [-0.4, -0.2) is 11.0 Å². The van der Waals surface area contributed by atoms with Gasteiger partial charge in [0.15, 0.2) is 0 Å². The van der Waals surface area contributed by atoms with Gasteiger partial charge in [-0.15, -0.1) is 0 Å². The Hall–Kier alpha value is -3.71. The smallest absolute Gasteiger partial charge is 0.319 e. The Labute approximate surface area is 162 Å². The monoisotopic (exact) mass is 376 g/mol. The summed E-state index contributed by atoms with van der Waals surface area (Å²) >= 11 is 0. The van der Waals surface area contributed by atoms with Crippen molar-refractivity contribution in [2.45, 2.75) is 12.1 Å². The summed E-state index contributed by atoms with van der Waals surface area (Å²) in [5, 5.41) is 16.3. The highest BCUT2D eigenvalue weighted by Crippen LogP contribution is 2.27. The number of nitro benzene ring substituents is 1. The van der Waals surface area contributed by atoms with Gasteiger partial charge in [0.05, 0.1) is 17.0 Å². The lowest BCUT2D eigenvalue weighted by molar-refractivity contribution is -0.384. The highest BCUT2D eigenvalue weighted by atomic mass is 16.6. The fourth-order valence-corrected chi connectivity index (χ4v) is 2.88. The van der Waals surface area contributed by atoms with E-state index in [1.54, 1.807) is 0 Å². The maximum absolute atomic E-state index is 12.5. The molecule has 0 aliphatic rings. The van der Waals surface area contributed by atoms with E-state index in [9.17, 15) is 14.9 Å². The molecular weight excluding hydrogens is 356 g/mol. The van der Waals surface area contributed by atoms with Crippen LogP contribution in [0.4, 0.5) is 16.2 Å². The Balaban J connectivity index is 1.77. The zero-order chi connectivity index (χ0) is 19.9. The minimum Gasteiger partial charge on any atom is -0.329 e. The van der Waals surface area contributed by atoms with Crippen LogP contribution in [0.5, 0.6) is 0 Å². The molecule has 3 rings (SSSR count). The first-order valence-corrected chi connectivity index (χ1v) is 8.72. The van der Waals surface area contributed by atoms with Crippen molar-refractivity contribution in [3.05, 3.63) is 106 Å². The molecule has 4 N–H and O–H groups in total. The van der Waals surface area contributed by atoms with E-state index in [0.717, 1.165) is 11.1 Å². The molecule has 2 amide bonds. The second-order valence-electron chi connectivity index (χ2n) is 6.23. The van der Waals surface area contributed by atoms with Gasteiger partial charge in [-0.25, -0.2) is 4.79 Å². The van der Waals surface area contributed by atoms with Crippen LogP contribution >= 0.6 is 0 Å². The molecule has 0 radical (unpaired) electrons. The quantitative estimate of drug-likeness (QED) is 0.443. The molecule has 0 saturated carbocycles. The summed E-state index contributed by atoms with van der Waals surface area (Å²) in [5.74, 6) is 0. The summed E-state index contributed by atoms with van der Waals surface area (Å²) in [6.07, 6.45) is 0. The molecule has 0 aliphatic carbocycles. The van der Waals surface area contributed by atoms with Crippen LogP contribution in [0, 0.1) is 10.1 Å². The average molecular weight is 376 g/mol. The van der Waals surface area contributed by atoms with Gasteiger partial charge in [0.2, 0.25) is 0 Å². The van der Waals surface area contributed by atoms with E-state index >= 15 is 0 Å². The van der Waals surface area contributed by atoms with Crippen molar-refractivity contribution in [1.82, 2.24) is 5.32 Å². The molecule has 2 atom stereocenters. The number of non-ortho nitro benzene ring substituents is 1. The molecule has 0 fully saturated rings. The van der Waals surface area contributed by atoms with Gasteiger partial charge in [0.25, 0.3) is 5.69 Å². The van der Waals surface area contributed by atoms with Crippen molar-refractivity contribution in [2.75, 3.05) is 5.32 Å². The lowest BCUT2D eigenvalue weighted by Crippen LogP contribution is -2.38. The van der Waals surface area contributed by atoms with Crippen LogP contribution in [-0.2, 0) is 0 Å². The molecule has 142 valence electrons. The SMILES string of the molecule is N[C@@H](c1ccccc1)[C@H](NC(=O)Nc1ccc([N+](=O)[O-])cc1)c1ccccc1. The third-order valence-corrected chi connectivity index (χ3v) is 4.32. The van der Waals surface area contributed by atoms with Crippen molar-refractivity contribution in [3.8, 4) is 0 Å². The summed E-state index contributed by atoms with van der Waals surface area (Å²) < 4.78 is 0. The Morgan fingerprint density at radius 3 is 1.93 bits per heavy atom. The number of nitrogens with two attached hydrogens (primary N) is 1. The molecule has 0 spiro atoms. The first kappa shape index (κ1) is 19.1. The molecule has 0 aromatic heterocycles. The maximum Gasteiger partial charge on any atom is 0.319 e. The van der Waals surface area contributed by atoms with E-state index in [1.165, 1.54) is 24.3 Å². The normalized spacial score (nSPS) is 12.6. The highest BCUT2D eigenvalue weighted by Gasteiger charge is 2.23. The van der Waals surface area contributed by atoms with E-state index < -0.39 is 23.0 Å². The van der Waals surface area contributed by atoms with Gasteiger partial charge in [-0.05, 0) is 23.3 Å². The summed E-state index contributed by atoms with van der Waals surface area (Å²) in [5.41, 5.74) is 8.62. The third kappa shape index (κ3) is 4.72. The topological polar surface area (TPSA) is 110 Å². The lowest BCUT2D eigenvalue weighted by Gasteiger charge is -2.26. The Morgan fingerprint density at radius 1 is 0.857 bits per heavy atom. The van der Waals surface area contributed by atoms with Gasteiger partial charge in [0, 0.05) is 17.8 Å². The Bertz CT molecular complexity index is 931. The highest BCUT2D eigenvalue weighted by molar-refractivity contribution is 5.89. The number of benzene rings is 3. The van der Waals surface area contributed by atoms with Crippen LogP contribution in [0.3, 0.4) is 0 Å². The average Bonchev–Trinajstić information content (AvgIpc) is 2.73. The molecular formula is C21H20N4O3. The van der Waals surface area contributed by atoms with Crippen LogP contribution in [0.2, 0.25) is 0 Å². The third-order valence-electron chi connectivity index (χ3n) is 4.32. The second kappa shape index (κ2) is 8.79. The lowest BCUT2D eigenvalue weighted by atomic mass is 9.94. The number of carbonyl (C=O) groups excluding carboxylic acids is 1. The Kier molecular flexibility index (Phi) is 5.98. The minimum atomic E-state index is -0.492. The molecule has 0 aliphatic heterocycles. The van der Waals surface area contributed by atoms with Gasteiger partial charge < -0.3 is 16.4 Å². The molecule has 28 heavy (non-hydrogen) atoms. The molecule has 0 heterocycles. The first-order valence-electron chi connectivity index (χ1n) is 8.72. The van der Waals surface area contributed by atoms with E-state index in [2.05, 4.69) is 10.6 Å². The van der Waals surface area contributed by atoms with Crippen molar-refractivity contribution in [1.29, 1.82) is 0 Å². The second-order valence-corrected chi connectivity index (χ2v) is 6.23. The predicted octanol–water partition coefficient (Wildman–Crippen LogP) is 4.16. The number of nitrogens with zero attached hydrogens (tertiary/aromatic N) is 1. The van der Waals surface area contributed by atoms with Crippen molar-refractivity contribution in [2.24, 2.45) is 5.73 Å². The van der Waals surface area contributed by atoms with Gasteiger partial charge in [0.1, 0.15) is 0 Å². The number of carbonyl (C=O) groups is 1. The fourth-order valence-electron chi connectivity index (χ4n) is 2.88. The van der Waals surface area contributed by atoms with E-state index in [4.69, 9.17) is 5.73 Å². The number of hydrogen-bond acceptors (Lipinski definition) is 4. The van der Waals surface area contributed by atoms with Crippen LogP contribution < -0.4 is 16.4 Å².